The maximum absolute atomic E-state index is 13.3. The smallest absolute Gasteiger partial charge is 0.276 e. The van der Waals surface area contributed by atoms with Crippen LogP contribution in [0.3, 0.4) is 0 Å². The van der Waals surface area contributed by atoms with Crippen molar-refractivity contribution in [1.82, 2.24) is 19.6 Å². The summed E-state index contributed by atoms with van der Waals surface area (Å²) in [6.07, 6.45) is 1.62. The van der Waals surface area contributed by atoms with Crippen LogP contribution in [-0.4, -0.2) is 25.5 Å². The number of hydrogen-bond acceptors (Lipinski definition) is 4. The van der Waals surface area contributed by atoms with Crippen molar-refractivity contribution in [2.45, 2.75) is 27.1 Å². The van der Waals surface area contributed by atoms with Gasteiger partial charge in [0.15, 0.2) is 12.4 Å². The van der Waals surface area contributed by atoms with Crippen molar-refractivity contribution in [2.75, 3.05) is 5.32 Å². The van der Waals surface area contributed by atoms with Gasteiger partial charge in [0.2, 0.25) is 0 Å². The van der Waals surface area contributed by atoms with Gasteiger partial charge in [-0.15, -0.1) is 0 Å². The Labute approximate surface area is 210 Å². The normalized spacial score (nSPS) is 11.0. The number of carbonyl (C=O) groups excluding carboxylic acids is 1. The first-order chi connectivity index (χ1) is 16.2. The van der Waals surface area contributed by atoms with Crippen LogP contribution in [0, 0.1) is 19.7 Å². The van der Waals surface area contributed by atoms with Crippen LogP contribution >= 0.6 is 34.8 Å². The number of anilines is 1. The third-order valence-corrected chi connectivity index (χ3v) is 5.96. The number of ether oxygens (including phenoxy) is 1. The van der Waals surface area contributed by atoms with Gasteiger partial charge >= 0.3 is 0 Å². The van der Waals surface area contributed by atoms with E-state index in [1.165, 1.54) is 16.8 Å². The van der Waals surface area contributed by atoms with E-state index in [-0.39, 0.29) is 12.4 Å². The van der Waals surface area contributed by atoms with Gasteiger partial charge < -0.3 is 10.1 Å². The third kappa shape index (κ3) is 5.35. The molecule has 1 amide bonds. The minimum absolute atomic E-state index is 0.0586. The Bertz CT molecular complexity index is 1370. The van der Waals surface area contributed by atoms with Crippen LogP contribution in [0.5, 0.6) is 5.75 Å². The summed E-state index contributed by atoms with van der Waals surface area (Å²) in [6, 6.07) is 10.7. The Morgan fingerprint density at radius 3 is 2.59 bits per heavy atom. The number of aromatic nitrogens is 4. The van der Waals surface area contributed by atoms with Crippen LogP contribution in [-0.2, 0) is 13.3 Å². The van der Waals surface area contributed by atoms with Crippen molar-refractivity contribution in [3.05, 3.63) is 92.2 Å². The average Bonchev–Trinajstić information content (AvgIpc) is 3.35. The highest BCUT2D eigenvalue weighted by molar-refractivity contribution is 6.35. The lowest BCUT2D eigenvalue weighted by molar-refractivity contribution is 0.102. The van der Waals surface area contributed by atoms with Gasteiger partial charge in [0.05, 0.1) is 28.6 Å². The monoisotopic (exact) mass is 521 g/mol. The Balaban J connectivity index is 1.43. The van der Waals surface area contributed by atoms with Gasteiger partial charge in [-0.2, -0.15) is 10.2 Å². The molecule has 34 heavy (non-hydrogen) atoms. The van der Waals surface area contributed by atoms with E-state index in [4.69, 9.17) is 39.5 Å². The lowest BCUT2D eigenvalue weighted by Crippen LogP contribution is -2.15. The summed E-state index contributed by atoms with van der Waals surface area (Å²) in [5.41, 5.74) is 2.85. The molecule has 1 N–H and O–H groups in total. The van der Waals surface area contributed by atoms with Crippen molar-refractivity contribution in [3.8, 4) is 5.75 Å². The largest absolute Gasteiger partial charge is 0.470 e. The van der Waals surface area contributed by atoms with Gasteiger partial charge in [0.25, 0.3) is 5.91 Å². The SMILES string of the molecule is Cc1nn(Cc2ccc(F)cc2Cl)c(C)c1NC(=O)c1ccn(COc2ccc(Cl)cc2Cl)n1. The van der Waals surface area contributed by atoms with Crippen molar-refractivity contribution in [1.29, 1.82) is 0 Å². The molecule has 0 radical (unpaired) electrons. The predicted octanol–water partition coefficient (Wildman–Crippen LogP) is 6.13. The van der Waals surface area contributed by atoms with Crippen LogP contribution in [0.15, 0.2) is 48.7 Å². The standard InChI is InChI=1S/C23H19Cl3FN5O2/c1-13-22(14(2)32(29-13)11-15-3-5-17(27)10-18(15)25)28-23(33)20-7-8-31(30-20)12-34-21-6-4-16(24)9-19(21)26/h3-10H,11-12H2,1-2H3,(H,28,33). The highest BCUT2D eigenvalue weighted by Crippen LogP contribution is 2.28. The van der Waals surface area contributed by atoms with Crippen LogP contribution in [0.2, 0.25) is 15.1 Å². The summed E-state index contributed by atoms with van der Waals surface area (Å²) in [4.78, 5) is 12.8. The Kier molecular flexibility index (Phi) is 7.11. The fourth-order valence-electron chi connectivity index (χ4n) is 3.30. The highest BCUT2D eigenvalue weighted by Gasteiger charge is 2.18. The van der Waals surface area contributed by atoms with Crippen LogP contribution in [0.1, 0.15) is 27.4 Å². The van der Waals surface area contributed by atoms with Crippen molar-refractivity contribution in [3.63, 3.8) is 0 Å². The van der Waals surface area contributed by atoms with Crippen LogP contribution < -0.4 is 10.1 Å². The van der Waals surface area contributed by atoms with E-state index in [0.717, 1.165) is 5.69 Å². The van der Waals surface area contributed by atoms with Crippen molar-refractivity contribution >= 4 is 46.4 Å². The molecule has 4 aromatic rings. The zero-order chi connectivity index (χ0) is 24.4. The van der Waals surface area contributed by atoms with Crippen molar-refractivity contribution in [2.24, 2.45) is 0 Å². The summed E-state index contributed by atoms with van der Waals surface area (Å²) in [7, 11) is 0. The molecule has 0 atom stereocenters. The number of carbonyl (C=O) groups is 1. The molecule has 0 unspecified atom stereocenters. The number of rotatable bonds is 7. The van der Waals surface area contributed by atoms with E-state index in [1.54, 1.807) is 48.1 Å². The van der Waals surface area contributed by atoms with E-state index in [1.807, 2.05) is 6.92 Å². The highest BCUT2D eigenvalue weighted by atomic mass is 35.5. The number of hydrogen-bond donors (Lipinski definition) is 1. The zero-order valence-corrected chi connectivity index (χ0v) is 20.4. The number of benzene rings is 2. The molecular formula is C23H19Cl3FN5O2. The molecular weight excluding hydrogens is 504 g/mol. The van der Waals surface area contributed by atoms with Gasteiger partial charge in [0.1, 0.15) is 11.6 Å². The first-order valence-electron chi connectivity index (χ1n) is 10.1. The summed E-state index contributed by atoms with van der Waals surface area (Å²) < 4.78 is 22.1. The second-order valence-electron chi connectivity index (χ2n) is 7.48. The molecule has 7 nitrogen and oxygen atoms in total. The summed E-state index contributed by atoms with van der Waals surface area (Å²) in [5.74, 6) is -0.350. The fourth-order valence-corrected chi connectivity index (χ4v) is 3.99. The van der Waals surface area contributed by atoms with Crippen LogP contribution in [0.25, 0.3) is 0 Å². The summed E-state index contributed by atoms with van der Waals surface area (Å²) in [5, 5.41) is 12.8. The molecule has 11 heteroatoms. The molecule has 0 bridgehead atoms. The fraction of sp³-hybridized carbons (Fsp3) is 0.174. The van der Waals surface area contributed by atoms with Crippen LogP contribution in [0.4, 0.5) is 10.1 Å². The first-order valence-corrected chi connectivity index (χ1v) is 11.2. The molecule has 2 heterocycles. The number of halogens is 4. The molecule has 0 spiro atoms. The number of aryl methyl sites for hydroxylation is 1. The number of amides is 1. The molecule has 0 aliphatic heterocycles. The average molecular weight is 523 g/mol. The first kappa shape index (κ1) is 24.1. The molecule has 0 fully saturated rings. The van der Waals surface area contributed by atoms with Crippen molar-refractivity contribution < 1.29 is 13.9 Å². The molecule has 0 saturated heterocycles. The van der Waals surface area contributed by atoms with Gasteiger partial charge in [0, 0.05) is 16.2 Å². The zero-order valence-electron chi connectivity index (χ0n) is 18.2. The van der Waals surface area contributed by atoms with Gasteiger partial charge in [-0.25, -0.2) is 9.07 Å². The van der Waals surface area contributed by atoms with E-state index in [0.29, 0.717) is 44.3 Å². The third-order valence-electron chi connectivity index (χ3n) is 5.07. The van der Waals surface area contributed by atoms with Gasteiger partial charge in [-0.1, -0.05) is 40.9 Å². The molecule has 2 aromatic carbocycles. The predicted molar refractivity (Wildman–Crippen MR) is 129 cm³/mol. The van der Waals surface area contributed by atoms with E-state index in [9.17, 15) is 9.18 Å². The molecule has 176 valence electrons. The summed E-state index contributed by atoms with van der Waals surface area (Å²) in [6.45, 7) is 4.01. The molecule has 2 aromatic heterocycles. The molecule has 0 saturated carbocycles. The maximum atomic E-state index is 13.3. The van der Waals surface area contributed by atoms with Gasteiger partial charge in [-0.3, -0.25) is 9.48 Å². The molecule has 0 aliphatic rings. The molecule has 0 aliphatic carbocycles. The van der Waals surface area contributed by atoms with Gasteiger partial charge in [-0.05, 0) is 55.8 Å². The lowest BCUT2D eigenvalue weighted by Gasteiger charge is -2.09. The number of nitrogens with one attached hydrogen (secondary N) is 1. The molecule has 4 rings (SSSR count). The van der Waals surface area contributed by atoms with E-state index < -0.39 is 11.7 Å². The van der Waals surface area contributed by atoms with E-state index >= 15 is 0 Å². The summed E-state index contributed by atoms with van der Waals surface area (Å²) >= 11 is 18.1. The Morgan fingerprint density at radius 1 is 1.06 bits per heavy atom. The second kappa shape index (κ2) is 10.0. The Morgan fingerprint density at radius 2 is 1.85 bits per heavy atom. The quantitative estimate of drug-likeness (QED) is 0.317. The minimum Gasteiger partial charge on any atom is -0.470 e. The second-order valence-corrected chi connectivity index (χ2v) is 8.73. The topological polar surface area (TPSA) is 74.0 Å². The number of nitrogens with zero attached hydrogens (tertiary/aromatic N) is 4. The minimum atomic E-state index is -0.406. The van der Waals surface area contributed by atoms with E-state index in [2.05, 4.69) is 15.5 Å². The lowest BCUT2D eigenvalue weighted by atomic mass is 10.2. The Hall–Kier alpha value is -3.07. The maximum Gasteiger partial charge on any atom is 0.276 e.